The van der Waals surface area contributed by atoms with Gasteiger partial charge in [0.05, 0.1) is 24.8 Å². The molecule has 1 spiro atoms. The Kier molecular flexibility index (Phi) is 5.06. The van der Waals surface area contributed by atoms with Crippen LogP contribution in [0.25, 0.3) is 0 Å². The predicted octanol–water partition coefficient (Wildman–Crippen LogP) is 0.666. The van der Waals surface area contributed by atoms with E-state index in [9.17, 15) is 4.79 Å². The molecule has 25 heavy (non-hydrogen) atoms. The molecule has 0 aliphatic carbocycles. The maximum absolute atomic E-state index is 12.6. The Bertz CT molecular complexity index is 486. The zero-order valence-corrected chi connectivity index (χ0v) is 15.8. The summed E-state index contributed by atoms with van der Waals surface area (Å²) in [4.78, 5) is 20.0. The fourth-order valence-corrected chi connectivity index (χ4v) is 5.22. The summed E-state index contributed by atoms with van der Waals surface area (Å²) in [5.74, 6) is 1.16. The number of hydrogen-bond acceptors (Lipinski definition) is 5. The van der Waals surface area contributed by atoms with E-state index >= 15 is 0 Å². The standard InChI is InChI=1S/C19H33N3O3/c1-15(2)18(23)21-10-17-11-25-8-5-22(17)19(14-21)12-20(13-19)9-16-3-6-24-7-4-16/h15-17H,3-14H2,1-2H3. The first kappa shape index (κ1) is 17.7. The zero-order chi connectivity index (χ0) is 17.4. The number of hydrogen-bond donors (Lipinski definition) is 0. The molecule has 0 saturated carbocycles. The van der Waals surface area contributed by atoms with Gasteiger partial charge in [-0.2, -0.15) is 0 Å². The molecule has 4 aliphatic heterocycles. The van der Waals surface area contributed by atoms with Crippen LogP contribution in [0.2, 0.25) is 0 Å². The van der Waals surface area contributed by atoms with Crippen molar-refractivity contribution < 1.29 is 14.3 Å². The quantitative estimate of drug-likeness (QED) is 0.748. The van der Waals surface area contributed by atoms with E-state index in [1.165, 1.54) is 19.4 Å². The molecule has 4 saturated heterocycles. The van der Waals surface area contributed by atoms with Gasteiger partial charge in [0, 0.05) is 58.4 Å². The van der Waals surface area contributed by atoms with Crippen molar-refractivity contribution in [1.29, 1.82) is 0 Å². The molecule has 0 N–H and O–H groups in total. The smallest absolute Gasteiger partial charge is 0.225 e. The third-order valence-electron chi connectivity index (χ3n) is 6.45. The van der Waals surface area contributed by atoms with E-state index in [1.807, 2.05) is 13.8 Å². The van der Waals surface area contributed by atoms with Gasteiger partial charge in [-0.3, -0.25) is 14.6 Å². The third kappa shape index (κ3) is 3.46. The fraction of sp³-hybridized carbons (Fsp3) is 0.947. The second kappa shape index (κ2) is 7.14. The van der Waals surface area contributed by atoms with Crippen molar-refractivity contribution in [3.05, 3.63) is 0 Å². The Morgan fingerprint density at radius 1 is 1.12 bits per heavy atom. The van der Waals surface area contributed by atoms with Gasteiger partial charge in [0.2, 0.25) is 5.91 Å². The van der Waals surface area contributed by atoms with Crippen LogP contribution in [-0.2, 0) is 14.3 Å². The molecule has 6 heteroatoms. The lowest BCUT2D eigenvalue weighted by atomic mass is 9.81. The Labute approximate surface area is 151 Å². The summed E-state index contributed by atoms with van der Waals surface area (Å²) >= 11 is 0. The summed E-state index contributed by atoms with van der Waals surface area (Å²) in [6.07, 6.45) is 2.39. The van der Waals surface area contributed by atoms with Crippen molar-refractivity contribution >= 4 is 5.91 Å². The van der Waals surface area contributed by atoms with Crippen molar-refractivity contribution in [2.45, 2.75) is 38.3 Å². The number of nitrogens with zero attached hydrogens (tertiary/aromatic N) is 3. The largest absolute Gasteiger partial charge is 0.381 e. The summed E-state index contributed by atoms with van der Waals surface area (Å²) in [6.45, 7) is 13.6. The number of piperazine rings is 1. The second-order valence-corrected chi connectivity index (χ2v) is 8.75. The Balaban J connectivity index is 1.42. The molecule has 4 fully saturated rings. The van der Waals surface area contributed by atoms with Crippen molar-refractivity contribution in [2.24, 2.45) is 11.8 Å². The number of fused-ring (bicyclic) bond motifs is 2. The normalized spacial score (nSPS) is 31.2. The van der Waals surface area contributed by atoms with E-state index in [0.717, 1.165) is 65.1 Å². The summed E-state index contributed by atoms with van der Waals surface area (Å²) < 4.78 is 11.2. The number of amides is 1. The van der Waals surface area contributed by atoms with E-state index in [0.29, 0.717) is 11.9 Å². The average molecular weight is 351 g/mol. The van der Waals surface area contributed by atoms with Gasteiger partial charge in [0.15, 0.2) is 0 Å². The fourth-order valence-electron chi connectivity index (χ4n) is 5.22. The molecule has 0 aromatic carbocycles. The van der Waals surface area contributed by atoms with E-state index in [4.69, 9.17) is 9.47 Å². The molecule has 0 bridgehead atoms. The van der Waals surface area contributed by atoms with Gasteiger partial charge in [0.25, 0.3) is 0 Å². The van der Waals surface area contributed by atoms with E-state index in [-0.39, 0.29) is 11.5 Å². The molecule has 1 atom stereocenters. The first-order valence-electron chi connectivity index (χ1n) is 10.0. The van der Waals surface area contributed by atoms with Gasteiger partial charge in [-0.25, -0.2) is 0 Å². The molecule has 142 valence electrons. The molecule has 0 aromatic heterocycles. The van der Waals surface area contributed by atoms with Gasteiger partial charge in [-0.05, 0) is 18.8 Å². The summed E-state index contributed by atoms with van der Waals surface area (Å²) in [6, 6.07) is 0.371. The van der Waals surface area contributed by atoms with Crippen molar-refractivity contribution in [3.63, 3.8) is 0 Å². The minimum atomic E-state index is 0.0755. The summed E-state index contributed by atoms with van der Waals surface area (Å²) in [5, 5.41) is 0. The van der Waals surface area contributed by atoms with Gasteiger partial charge >= 0.3 is 0 Å². The van der Waals surface area contributed by atoms with Crippen molar-refractivity contribution in [2.75, 3.05) is 65.7 Å². The number of carbonyl (C=O) groups excluding carboxylic acids is 1. The summed E-state index contributed by atoms with van der Waals surface area (Å²) in [5.41, 5.74) is 0.155. The first-order chi connectivity index (χ1) is 12.1. The Hall–Kier alpha value is -0.690. The van der Waals surface area contributed by atoms with Crippen LogP contribution in [0.15, 0.2) is 0 Å². The lowest BCUT2D eigenvalue weighted by Gasteiger charge is -2.64. The molecule has 0 radical (unpaired) electrons. The van der Waals surface area contributed by atoms with Gasteiger partial charge < -0.3 is 14.4 Å². The number of likely N-dealkylation sites (tertiary alicyclic amines) is 1. The zero-order valence-electron chi connectivity index (χ0n) is 15.8. The number of morpholine rings is 1. The molecule has 4 heterocycles. The minimum Gasteiger partial charge on any atom is -0.381 e. The van der Waals surface area contributed by atoms with Crippen LogP contribution in [0.5, 0.6) is 0 Å². The van der Waals surface area contributed by atoms with Gasteiger partial charge in [-0.1, -0.05) is 13.8 Å². The number of rotatable bonds is 3. The molecule has 1 unspecified atom stereocenters. The van der Waals surface area contributed by atoms with Crippen molar-refractivity contribution in [1.82, 2.24) is 14.7 Å². The maximum atomic E-state index is 12.6. The molecular formula is C19H33N3O3. The molecule has 1 amide bonds. The van der Waals surface area contributed by atoms with Crippen LogP contribution in [0.1, 0.15) is 26.7 Å². The van der Waals surface area contributed by atoms with Gasteiger partial charge in [-0.15, -0.1) is 0 Å². The lowest BCUT2D eigenvalue weighted by Crippen LogP contribution is -2.81. The van der Waals surface area contributed by atoms with Crippen LogP contribution in [0.3, 0.4) is 0 Å². The molecule has 4 rings (SSSR count). The SMILES string of the molecule is CC(C)C(=O)N1CC2COCCN2C2(CN(CC3CCOCC3)C2)C1. The number of carbonyl (C=O) groups is 1. The highest BCUT2D eigenvalue weighted by molar-refractivity contribution is 5.78. The van der Waals surface area contributed by atoms with Crippen LogP contribution < -0.4 is 0 Å². The Morgan fingerprint density at radius 3 is 2.60 bits per heavy atom. The van der Waals surface area contributed by atoms with Crippen molar-refractivity contribution in [3.8, 4) is 0 Å². The van der Waals surface area contributed by atoms with E-state index < -0.39 is 0 Å². The minimum absolute atomic E-state index is 0.0755. The monoisotopic (exact) mass is 351 g/mol. The third-order valence-corrected chi connectivity index (χ3v) is 6.45. The Morgan fingerprint density at radius 2 is 1.88 bits per heavy atom. The molecule has 6 nitrogen and oxygen atoms in total. The molecular weight excluding hydrogens is 318 g/mol. The maximum Gasteiger partial charge on any atom is 0.225 e. The molecule has 4 aliphatic rings. The second-order valence-electron chi connectivity index (χ2n) is 8.75. The highest BCUT2D eigenvalue weighted by Crippen LogP contribution is 2.37. The van der Waals surface area contributed by atoms with Crippen LogP contribution >= 0.6 is 0 Å². The summed E-state index contributed by atoms with van der Waals surface area (Å²) in [7, 11) is 0. The van der Waals surface area contributed by atoms with E-state index in [1.54, 1.807) is 0 Å². The van der Waals surface area contributed by atoms with Crippen LogP contribution in [0.4, 0.5) is 0 Å². The first-order valence-corrected chi connectivity index (χ1v) is 10.0. The average Bonchev–Trinajstić information content (AvgIpc) is 2.60. The molecule has 0 aromatic rings. The lowest BCUT2D eigenvalue weighted by molar-refractivity contribution is -0.178. The van der Waals surface area contributed by atoms with Crippen LogP contribution in [-0.4, -0.2) is 97.9 Å². The van der Waals surface area contributed by atoms with Gasteiger partial charge in [0.1, 0.15) is 0 Å². The highest BCUT2D eigenvalue weighted by atomic mass is 16.5. The predicted molar refractivity (Wildman–Crippen MR) is 95.4 cm³/mol. The topological polar surface area (TPSA) is 45.2 Å². The van der Waals surface area contributed by atoms with E-state index in [2.05, 4.69) is 14.7 Å². The number of ether oxygens (including phenoxy) is 2. The highest BCUT2D eigenvalue weighted by Gasteiger charge is 2.54. The van der Waals surface area contributed by atoms with Crippen LogP contribution in [0, 0.1) is 11.8 Å².